The van der Waals surface area contributed by atoms with Gasteiger partial charge in [0.1, 0.15) is 34.4 Å². The van der Waals surface area contributed by atoms with Gasteiger partial charge in [0.15, 0.2) is 6.19 Å². The highest BCUT2D eigenvalue weighted by Gasteiger charge is 2.67. The number of alkyl halides is 2. The van der Waals surface area contributed by atoms with Gasteiger partial charge in [-0.2, -0.15) is 5.26 Å². The first-order chi connectivity index (χ1) is 20.4. The molecule has 45 heavy (non-hydrogen) atoms. The van der Waals surface area contributed by atoms with Crippen LogP contribution in [0.4, 0.5) is 47.1 Å². The van der Waals surface area contributed by atoms with Gasteiger partial charge in [-0.15, -0.1) is 0 Å². The number of nitriles is 1. The van der Waals surface area contributed by atoms with E-state index in [1.807, 2.05) is 0 Å². The van der Waals surface area contributed by atoms with E-state index in [9.17, 15) is 56.9 Å². The minimum atomic E-state index is -10.9. The van der Waals surface area contributed by atoms with Gasteiger partial charge >= 0.3 is 10.2 Å². The number of rotatable bonds is 7. The fourth-order valence-electron chi connectivity index (χ4n) is 5.40. The Balaban J connectivity index is 1.92. The van der Waals surface area contributed by atoms with Crippen LogP contribution >= 0.6 is 10.2 Å². The third-order valence-electron chi connectivity index (χ3n) is 7.46. The summed E-state index contributed by atoms with van der Waals surface area (Å²) < 4.78 is 140. The zero-order chi connectivity index (χ0) is 33.8. The molecule has 2 amide bonds. The Morgan fingerprint density at radius 3 is 2.27 bits per heavy atom. The van der Waals surface area contributed by atoms with E-state index >= 15 is 4.39 Å². The molecule has 248 valence electrons. The molecule has 8 nitrogen and oxygen atoms in total. The number of hydrogen-bond donors (Lipinski definition) is 2. The molecule has 2 N–H and O–H groups in total. The Hall–Kier alpha value is -3.79. The Bertz CT molecular complexity index is 1560. The van der Waals surface area contributed by atoms with E-state index in [0.29, 0.717) is 17.2 Å². The quantitative estimate of drug-likeness (QED) is 0.266. The summed E-state index contributed by atoms with van der Waals surface area (Å²) in [4.78, 5) is 28.8. The Kier molecular flexibility index (Phi) is 8.06. The zero-order valence-corrected chi connectivity index (χ0v) is 23.9. The van der Waals surface area contributed by atoms with Crippen LogP contribution in [-0.4, -0.2) is 57.0 Å². The molecule has 2 aromatic rings. The molecule has 19 heteroatoms. The van der Waals surface area contributed by atoms with Gasteiger partial charge in [-0.1, -0.05) is 19.4 Å². The molecule has 3 atom stereocenters. The lowest BCUT2D eigenvalue weighted by atomic mass is 9.91. The number of amides is 2. The highest BCUT2D eigenvalue weighted by Crippen LogP contribution is 3.02. The number of anilines is 1. The van der Waals surface area contributed by atoms with Gasteiger partial charge in [0.25, 0.3) is 5.91 Å². The van der Waals surface area contributed by atoms with E-state index in [1.54, 1.807) is 6.19 Å². The van der Waals surface area contributed by atoms with Crippen LogP contribution in [0.1, 0.15) is 50.6 Å². The lowest BCUT2D eigenvalue weighted by Gasteiger charge is -2.41. The Morgan fingerprint density at radius 1 is 1.09 bits per heavy atom. The second kappa shape index (κ2) is 10.6. The van der Waals surface area contributed by atoms with Gasteiger partial charge in [-0.3, -0.25) is 24.4 Å². The molecular weight excluding hydrogens is 652 g/mol. The van der Waals surface area contributed by atoms with E-state index < -0.39 is 123 Å². The Morgan fingerprint density at radius 2 is 1.71 bits per heavy atom. The first-order valence-electron chi connectivity index (χ1n) is 13.1. The van der Waals surface area contributed by atoms with Crippen LogP contribution in [0.25, 0.3) is 0 Å². The van der Waals surface area contributed by atoms with Crippen molar-refractivity contribution in [1.82, 2.24) is 15.2 Å². The number of hydrogen-bond acceptors (Lipinski definition) is 6. The first kappa shape index (κ1) is 34.1. The summed E-state index contributed by atoms with van der Waals surface area (Å²) in [6, 6.07) is -5.78. The molecule has 1 aromatic heterocycles. The van der Waals surface area contributed by atoms with Crippen molar-refractivity contribution in [2.45, 2.75) is 73.6 Å². The fourth-order valence-corrected chi connectivity index (χ4v) is 6.15. The van der Waals surface area contributed by atoms with Crippen LogP contribution in [0, 0.1) is 28.9 Å². The molecule has 4 rings (SSSR count). The molecule has 2 heterocycles. The van der Waals surface area contributed by atoms with Crippen molar-refractivity contribution in [2.24, 2.45) is 0 Å². The van der Waals surface area contributed by atoms with E-state index in [0.717, 1.165) is 6.20 Å². The number of benzene rings is 1. The van der Waals surface area contributed by atoms with Crippen molar-refractivity contribution < 1.29 is 56.1 Å². The third kappa shape index (κ3) is 7.54. The van der Waals surface area contributed by atoms with Gasteiger partial charge in [0.05, 0.1) is 24.0 Å². The SMILES string of the molecule is C[C@@]1(O)C[C@H](C(=O)N(c2cc(F)c(S(F)(F)(F)(F)F)cc2F)C(C(=O)NC2CCC(F)(F)CC2)c2cncc(F)c2)N(C#N)C1. The number of likely N-dealkylation sites (tertiary alicyclic amines) is 1. The molecule has 1 saturated heterocycles. The fraction of sp³-hybridized carbons (Fsp3) is 0.462. The van der Waals surface area contributed by atoms with Crippen LogP contribution in [0.2, 0.25) is 0 Å². The first-order valence-corrected chi connectivity index (χ1v) is 15.1. The normalized spacial score (nSPS) is 24.2. The van der Waals surface area contributed by atoms with Gasteiger partial charge < -0.3 is 10.4 Å². The maximum atomic E-state index is 15.5. The number of nitrogens with one attached hydrogen (secondary N) is 1. The number of aromatic nitrogens is 1. The van der Waals surface area contributed by atoms with Crippen molar-refractivity contribution in [1.29, 1.82) is 5.26 Å². The highest BCUT2D eigenvalue weighted by molar-refractivity contribution is 8.45. The van der Waals surface area contributed by atoms with Crippen LogP contribution in [0.15, 0.2) is 35.5 Å². The molecule has 1 aromatic carbocycles. The maximum absolute atomic E-state index is 15.5. The summed E-state index contributed by atoms with van der Waals surface area (Å²) in [7, 11) is -10.9. The average molecular weight is 678 g/mol. The zero-order valence-electron chi connectivity index (χ0n) is 23.1. The number of carbonyl (C=O) groups excluding carboxylic acids is 2. The van der Waals surface area contributed by atoms with Crippen molar-refractivity contribution in [3.63, 3.8) is 0 Å². The summed E-state index contributed by atoms with van der Waals surface area (Å²) in [5, 5.41) is 22.4. The number of nitrogens with zero attached hydrogens (tertiary/aromatic N) is 4. The number of aliphatic hydroxyl groups is 1. The van der Waals surface area contributed by atoms with E-state index in [4.69, 9.17) is 0 Å². The minimum absolute atomic E-state index is 0.0488. The predicted octanol–water partition coefficient (Wildman–Crippen LogP) is 6.23. The van der Waals surface area contributed by atoms with Crippen molar-refractivity contribution in [2.75, 3.05) is 11.4 Å². The van der Waals surface area contributed by atoms with Crippen LogP contribution in [-0.2, 0) is 9.59 Å². The molecule has 1 aliphatic carbocycles. The van der Waals surface area contributed by atoms with Gasteiger partial charge in [-0.25, -0.2) is 22.0 Å². The summed E-state index contributed by atoms with van der Waals surface area (Å²) in [5.74, 6) is -12.0. The molecule has 1 unspecified atom stereocenters. The van der Waals surface area contributed by atoms with Crippen LogP contribution in [0.3, 0.4) is 0 Å². The van der Waals surface area contributed by atoms with Crippen molar-refractivity contribution in [3.05, 3.63) is 53.6 Å². The average Bonchev–Trinajstić information content (AvgIpc) is 3.22. The molecule has 0 bridgehead atoms. The van der Waals surface area contributed by atoms with Crippen molar-refractivity contribution >= 4 is 27.7 Å². The van der Waals surface area contributed by atoms with Gasteiger partial charge in [0.2, 0.25) is 11.8 Å². The molecule has 1 aliphatic heterocycles. The number of halogens is 10. The summed E-state index contributed by atoms with van der Waals surface area (Å²) in [5.41, 5.74) is -3.83. The predicted molar refractivity (Wildman–Crippen MR) is 139 cm³/mol. The van der Waals surface area contributed by atoms with Crippen LogP contribution < -0.4 is 10.2 Å². The maximum Gasteiger partial charge on any atom is 0.313 e. The molecule has 0 radical (unpaired) electrons. The Labute approximate surface area is 249 Å². The van der Waals surface area contributed by atoms with E-state index in [2.05, 4.69) is 10.3 Å². The molecule has 2 aliphatic rings. The summed E-state index contributed by atoms with van der Waals surface area (Å²) >= 11 is 0. The lowest BCUT2D eigenvalue weighted by Crippen LogP contribution is -2.52. The van der Waals surface area contributed by atoms with E-state index in [1.165, 1.54) is 6.92 Å². The number of β-amino-alcohol motifs (C(OH)–C–C–N with tert-alkyl or cyclic N) is 1. The number of pyridine rings is 1. The monoisotopic (exact) mass is 677 g/mol. The number of carbonyl (C=O) groups is 2. The standard InChI is InChI=1S/C26H25F10N5O3S/c1-25(44)9-20(40(12-25)13-37)24(43)41(19-7-18(29)21(8-17(19)28)45(32,33,34,35)36)22(14-6-15(27)11-38-10-14)23(42)39-16-2-4-26(30,31)5-3-16/h6-8,10-11,16,20,22,44H,2-5,9,12H2,1H3,(H,39,42)/t20-,22?,25-/m1/s1. The highest BCUT2D eigenvalue weighted by atomic mass is 32.5. The topological polar surface area (TPSA) is 110 Å². The summed E-state index contributed by atoms with van der Waals surface area (Å²) in [6.45, 7) is 0.695. The minimum Gasteiger partial charge on any atom is -0.388 e. The molecular formula is C26H25F10N5O3S. The second-order valence-electron chi connectivity index (χ2n) is 11.3. The largest absolute Gasteiger partial charge is 0.388 e. The molecule has 2 fully saturated rings. The van der Waals surface area contributed by atoms with Crippen LogP contribution in [0.5, 0.6) is 0 Å². The summed E-state index contributed by atoms with van der Waals surface area (Å²) in [6.07, 6.45) is 0.492. The molecule has 0 spiro atoms. The third-order valence-corrected chi connectivity index (χ3v) is 8.60. The second-order valence-corrected chi connectivity index (χ2v) is 13.7. The van der Waals surface area contributed by atoms with Gasteiger partial charge in [0, 0.05) is 49.2 Å². The smallest absolute Gasteiger partial charge is 0.313 e. The van der Waals surface area contributed by atoms with E-state index in [-0.39, 0.29) is 17.7 Å². The van der Waals surface area contributed by atoms with Crippen molar-refractivity contribution in [3.8, 4) is 6.19 Å². The molecule has 1 saturated carbocycles. The van der Waals surface area contributed by atoms with Gasteiger partial charge in [-0.05, 0) is 25.8 Å². The lowest BCUT2D eigenvalue weighted by molar-refractivity contribution is -0.129.